The van der Waals surface area contributed by atoms with Crippen molar-refractivity contribution in [3.8, 4) is 51.7 Å². The van der Waals surface area contributed by atoms with E-state index >= 15 is 0 Å². The summed E-state index contributed by atoms with van der Waals surface area (Å²) in [5, 5.41) is 46.4. The van der Waals surface area contributed by atoms with Gasteiger partial charge in [-0.2, -0.15) is 0 Å². The summed E-state index contributed by atoms with van der Waals surface area (Å²) in [7, 11) is 7.10. The van der Waals surface area contributed by atoms with E-state index in [1.807, 2.05) is 27.7 Å². The standard InChI is InChI=1S/C66H78N4O9S2/c1-38(72)77-35-53-49-17-18-50-59-43(28-45(73)29-56(59)76-3)31-66-25-23-42(30-66)46(16-15-39-9-5-4-6-10-39)47-20-22-58(67)70-54(47)14-8-13-48-52(33-68-32-41(34-71)24-26-75-2)62(74)65-51(60(48)63(53)79-64(49)61(50)66)19-21-55-57(78-65)37-81-80-36-40-11-7-12-44(27-40)69-55/h4-6,9-10,17-22,28-29,40-42,44,46,53,55,57-58,63,68-71,73-74H,7,11-13,15-16,23-27,30-37,67H2,1-3H3/t40-,41-,42-,44-,46-,53-,55-,57+,58?,63-,66-/m0/s1. The molecule has 0 aromatic heterocycles. The second kappa shape index (κ2) is 24.3. The zero-order valence-electron chi connectivity index (χ0n) is 46.9. The van der Waals surface area contributed by atoms with Gasteiger partial charge in [-0.1, -0.05) is 94.6 Å². The quantitative estimate of drug-likeness (QED) is 0.0359. The molecule has 81 heavy (non-hydrogen) atoms. The van der Waals surface area contributed by atoms with E-state index in [-0.39, 0.29) is 73.5 Å². The topological polar surface area (TPSA) is 186 Å². The predicted octanol–water partition coefficient (Wildman–Crippen LogP) is 10.1. The van der Waals surface area contributed by atoms with E-state index < -0.39 is 23.6 Å². The Morgan fingerprint density at radius 1 is 1.01 bits per heavy atom. The molecule has 11 atom stereocenters. The minimum Gasteiger partial charge on any atom is -0.508 e. The summed E-state index contributed by atoms with van der Waals surface area (Å²) in [5.41, 5.74) is 17.6. The van der Waals surface area contributed by atoms with Gasteiger partial charge in [0.2, 0.25) is 0 Å². The first-order chi connectivity index (χ1) is 39.5. The molecule has 0 radical (unpaired) electrons. The lowest BCUT2D eigenvalue weighted by Crippen LogP contribution is -2.49. The second-order valence-electron chi connectivity index (χ2n) is 23.9. The average Bonchev–Trinajstić information content (AvgIpc) is 3.93. The summed E-state index contributed by atoms with van der Waals surface area (Å²) in [4.78, 5) is 13.1. The Balaban J connectivity index is 1.10. The third-order valence-electron chi connectivity index (χ3n) is 18.8. The van der Waals surface area contributed by atoms with Crippen LogP contribution in [0.1, 0.15) is 121 Å². The number of hydrogen-bond acceptors (Lipinski definition) is 15. The molecule has 4 aromatic carbocycles. The van der Waals surface area contributed by atoms with Gasteiger partial charge in [-0.15, -0.1) is 0 Å². The largest absolute Gasteiger partial charge is 0.508 e. The molecule has 15 heteroatoms. The van der Waals surface area contributed by atoms with Crippen LogP contribution < -0.4 is 35.9 Å². The molecular weight excluding hydrogens is 1060 g/mol. The lowest BCUT2D eigenvalue weighted by molar-refractivity contribution is -0.141. The van der Waals surface area contributed by atoms with Gasteiger partial charge in [0, 0.05) is 109 Å². The smallest absolute Gasteiger partial charge is 0.302 e. The molecule has 1 unspecified atom stereocenters. The molecule has 6 bridgehead atoms. The number of esters is 1. The van der Waals surface area contributed by atoms with Crippen molar-refractivity contribution in [3.63, 3.8) is 0 Å². The van der Waals surface area contributed by atoms with Gasteiger partial charge in [0.05, 0.1) is 30.9 Å². The number of hydrogen-bond donors (Lipinski definition) is 7. The van der Waals surface area contributed by atoms with Crippen LogP contribution >= 0.6 is 21.6 Å². The van der Waals surface area contributed by atoms with Crippen molar-refractivity contribution in [2.75, 3.05) is 52.1 Å². The number of nitrogens with one attached hydrogen (secondary N) is 3. The van der Waals surface area contributed by atoms with Crippen LogP contribution in [0.2, 0.25) is 0 Å². The van der Waals surface area contributed by atoms with Crippen molar-refractivity contribution >= 4 is 33.6 Å². The molecule has 1 spiro atoms. The molecule has 13 nitrogen and oxygen atoms in total. The summed E-state index contributed by atoms with van der Waals surface area (Å²) < 4.78 is 33.0. The summed E-state index contributed by atoms with van der Waals surface area (Å²) in [6.45, 7) is 2.68. The first-order valence-corrected chi connectivity index (χ1v) is 31.9. The molecule has 428 valence electrons. The van der Waals surface area contributed by atoms with Crippen molar-refractivity contribution in [1.82, 2.24) is 16.0 Å². The van der Waals surface area contributed by atoms with Crippen LogP contribution in [0.4, 0.5) is 0 Å². The lowest BCUT2D eigenvalue weighted by Gasteiger charge is -2.40. The minimum absolute atomic E-state index is 0.0267. The van der Waals surface area contributed by atoms with E-state index in [0.29, 0.717) is 66.3 Å². The van der Waals surface area contributed by atoms with E-state index in [4.69, 9.17) is 29.4 Å². The number of aromatic hydroxyl groups is 2. The van der Waals surface area contributed by atoms with E-state index in [9.17, 15) is 20.1 Å². The summed E-state index contributed by atoms with van der Waals surface area (Å²) in [5.74, 6) is 11.2. The highest BCUT2D eigenvalue weighted by molar-refractivity contribution is 8.76. The number of dihydropyridines is 1. The first-order valence-electron chi connectivity index (χ1n) is 29.4. The maximum atomic E-state index is 13.2. The van der Waals surface area contributed by atoms with Crippen LogP contribution in [0, 0.1) is 35.5 Å². The number of carbonyl (C=O) groups excluding carboxylic acids is 1. The average molecular weight is 1140 g/mol. The third kappa shape index (κ3) is 11.2. The van der Waals surface area contributed by atoms with Crippen LogP contribution in [0.15, 0.2) is 84.1 Å². The van der Waals surface area contributed by atoms with Gasteiger partial charge in [-0.3, -0.25) is 4.79 Å². The highest BCUT2D eigenvalue weighted by atomic mass is 33.1. The Hall–Kier alpha value is -5.57. The third-order valence-corrected chi connectivity index (χ3v) is 21.4. The number of aliphatic hydroxyl groups excluding tert-OH is 1. The molecule has 5 heterocycles. The van der Waals surface area contributed by atoms with Crippen molar-refractivity contribution in [2.24, 2.45) is 29.4 Å². The summed E-state index contributed by atoms with van der Waals surface area (Å²) in [6, 6.07) is 18.9. The van der Waals surface area contributed by atoms with Crippen molar-refractivity contribution < 1.29 is 43.8 Å². The zero-order valence-corrected chi connectivity index (χ0v) is 48.5. The predicted molar refractivity (Wildman–Crippen MR) is 320 cm³/mol. The molecule has 2 saturated carbocycles. The highest BCUT2D eigenvalue weighted by Gasteiger charge is 2.53. The van der Waals surface area contributed by atoms with E-state index in [0.717, 1.165) is 107 Å². The number of methoxy groups -OCH3 is 2. The molecule has 12 rings (SSSR count). The van der Waals surface area contributed by atoms with Gasteiger partial charge in [0.15, 0.2) is 11.5 Å². The number of aliphatic hydroxyl groups is 1. The minimum atomic E-state index is -0.731. The first kappa shape index (κ1) is 55.9. The molecular formula is C66H78N4O9S2. The van der Waals surface area contributed by atoms with Crippen LogP contribution in [0.5, 0.6) is 28.7 Å². The van der Waals surface area contributed by atoms with Gasteiger partial charge in [0.25, 0.3) is 0 Å². The Bertz CT molecular complexity index is 3170. The molecule has 1 saturated heterocycles. The summed E-state index contributed by atoms with van der Waals surface area (Å²) in [6.07, 6.45) is 17.8. The number of fused-ring (bicyclic) bond motifs is 11. The fraction of sp³-hybridized carbons (Fsp3) is 0.500. The number of phenols is 2. The number of carbonyl (C=O) groups is 1. The van der Waals surface area contributed by atoms with Gasteiger partial charge >= 0.3 is 5.97 Å². The Kier molecular flexibility index (Phi) is 16.8. The maximum Gasteiger partial charge on any atom is 0.302 e. The van der Waals surface area contributed by atoms with Gasteiger partial charge < -0.3 is 60.7 Å². The Morgan fingerprint density at radius 3 is 2.70 bits per heavy atom. The molecule has 0 amide bonds. The van der Waals surface area contributed by atoms with Crippen molar-refractivity contribution in [1.29, 1.82) is 0 Å². The lowest BCUT2D eigenvalue weighted by atomic mass is 9.64. The van der Waals surface area contributed by atoms with E-state index in [2.05, 4.69) is 94.6 Å². The van der Waals surface area contributed by atoms with Gasteiger partial charge in [0.1, 0.15) is 36.1 Å². The molecule has 5 aliphatic heterocycles. The molecule has 8 N–H and O–H groups in total. The fourth-order valence-corrected chi connectivity index (χ4v) is 17.7. The monoisotopic (exact) mass is 1130 g/mol. The molecule has 8 aliphatic rings. The number of aryl methyl sites for hydroxylation is 1. The van der Waals surface area contributed by atoms with Crippen molar-refractivity contribution in [2.45, 2.75) is 132 Å². The van der Waals surface area contributed by atoms with Crippen LogP contribution in [0.25, 0.3) is 17.2 Å². The number of nitrogens with two attached hydrogens (primary N) is 1. The number of allylic oxidation sites excluding steroid dienone is 3. The molecule has 3 aliphatic carbocycles. The maximum absolute atomic E-state index is 13.2. The van der Waals surface area contributed by atoms with Gasteiger partial charge in [-0.25, -0.2) is 0 Å². The number of rotatable bonds is 14. The van der Waals surface area contributed by atoms with E-state index in [1.165, 1.54) is 25.3 Å². The fourth-order valence-electron chi connectivity index (χ4n) is 15.0. The van der Waals surface area contributed by atoms with Crippen molar-refractivity contribution in [3.05, 3.63) is 129 Å². The SMILES string of the molecule is COCC[C@H](CO)CNCc1c(O)c2c(c3c1CC#CC1=C(C=CC(N)N1)[C@@H](CCc1ccccc1)[C@H]1CC[C@@]4(Cc5cc(O)cc(OC)c5-c5ccc6c(c54)O[C@H]3[C@H]6COC(C)=O)C1)C=C[C@@H]1N[C@H]3CCC[C@H](CSSC[C@H]1O2)C3. The van der Waals surface area contributed by atoms with E-state index in [1.54, 1.807) is 20.3 Å². The van der Waals surface area contributed by atoms with Gasteiger partial charge in [-0.05, 0) is 134 Å². The molecule has 3 fully saturated rings. The normalized spacial score (nSPS) is 28.0. The van der Waals surface area contributed by atoms with Crippen LogP contribution in [-0.4, -0.2) is 97.7 Å². The second-order valence-corrected chi connectivity index (χ2v) is 26.4. The Morgan fingerprint density at radius 2 is 1.88 bits per heavy atom. The molecule has 4 aromatic rings. The van der Waals surface area contributed by atoms with Crippen LogP contribution in [-0.2, 0) is 45.5 Å². The summed E-state index contributed by atoms with van der Waals surface area (Å²) >= 11 is 0. The number of ether oxygens (including phenoxy) is 5. The Labute approximate surface area is 485 Å². The number of benzene rings is 4. The zero-order chi connectivity index (χ0) is 55.8. The van der Waals surface area contributed by atoms with Crippen LogP contribution in [0.3, 0.4) is 0 Å². The highest BCUT2D eigenvalue weighted by Crippen LogP contribution is 2.64. The number of phenolic OH excluding ortho intramolecular Hbond substituents is 2.